The fraction of sp³-hybridized carbons (Fsp3) is 1.00. The van der Waals surface area contributed by atoms with Gasteiger partial charge in [0.2, 0.25) is 0 Å². The van der Waals surface area contributed by atoms with Crippen molar-refractivity contribution in [2.45, 2.75) is 83.7 Å². The van der Waals surface area contributed by atoms with Crippen molar-refractivity contribution in [2.24, 2.45) is 0 Å². The van der Waals surface area contributed by atoms with Gasteiger partial charge in [-0.05, 0) is 31.1 Å². The first-order chi connectivity index (χ1) is 9.24. The van der Waals surface area contributed by atoms with E-state index in [1.807, 2.05) is 0 Å². The molecule has 0 aromatic rings. The molecule has 0 aliphatic heterocycles. The Morgan fingerprint density at radius 1 is 0.857 bits per heavy atom. The first-order valence-corrected chi connectivity index (χ1v) is 10.5. The van der Waals surface area contributed by atoms with Crippen molar-refractivity contribution < 1.29 is 17.5 Å². The van der Waals surface area contributed by atoms with Crippen LogP contribution in [0.15, 0.2) is 0 Å². The van der Waals surface area contributed by atoms with Crippen LogP contribution in [0.2, 0.25) is 0 Å². The SMILES string of the molecule is CCCCC(CCCC)(CCCC)PC.N.O=S(=O)(O)O. The van der Waals surface area contributed by atoms with Gasteiger partial charge in [0.15, 0.2) is 0 Å². The third kappa shape index (κ3) is 20.3. The second kappa shape index (κ2) is 15.2. The standard InChI is InChI=1S/C14H31P.H3N.H2O4S/c1-5-8-11-14(15-4,12-9-6-2)13-10-7-3;;1-5(2,3)4/h15H,5-13H2,1-4H3;1H3;(H2,1,2,3,4). The molecule has 0 fully saturated rings. The summed E-state index contributed by atoms with van der Waals surface area (Å²) in [5.41, 5.74) is 0. The molecule has 0 aliphatic rings. The fourth-order valence-corrected chi connectivity index (χ4v) is 3.58. The minimum absolute atomic E-state index is 0. The Kier molecular flexibility index (Phi) is 18.9. The van der Waals surface area contributed by atoms with Gasteiger partial charge in [-0.15, -0.1) is 8.58 Å². The van der Waals surface area contributed by atoms with Gasteiger partial charge in [-0.25, -0.2) is 0 Å². The van der Waals surface area contributed by atoms with Gasteiger partial charge in [-0.2, -0.15) is 8.42 Å². The van der Waals surface area contributed by atoms with E-state index >= 15 is 0 Å². The van der Waals surface area contributed by atoms with Crippen molar-refractivity contribution in [1.29, 1.82) is 0 Å². The van der Waals surface area contributed by atoms with E-state index in [1.54, 1.807) is 0 Å². The van der Waals surface area contributed by atoms with Crippen LogP contribution in [0.1, 0.15) is 78.6 Å². The molecule has 132 valence electrons. The summed E-state index contributed by atoms with van der Waals surface area (Å²) in [6, 6.07) is 0. The summed E-state index contributed by atoms with van der Waals surface area (Å²) in [5.74, 6) is 0. The van der Waals surface area contributed by atoms with Gasteiger partial charge >= 0.3 is 10.4 Å². The lowest BCUT2D eigenvalue weighted by Crippen LogP contribution is -2.23. The molecule has 0 radical (unpaired) electrons. The fourth-order valence-electron chi connectivity index (χ4n) is 2.30. The topological polar surface area (TPSA) is 110 Å². The first-order valence-electron chi connectivity index (χ1n) is 7.63. The minimum Gasteiger partial charge on any atom is -0.344 e. The lowest BCUT2D eigenvalue weighted by Gasteiger charge is -2.33. The summed E-state index contributed by atoms with van der Waals surface area (Å²) >= 11 is 0. The van der Waals surface area contributed by atoms with Crippen LogP contribution >= 0.6 is 8.58 Å². The molecule has 0 aromatic heterocycles. The van der Waals surface area contributed by atoms with E-state index in [0.717, 1.165) is 13.7 Å². The third-order valence-electron chi connectivity index (χ3n) is 3.56. The van der Waals surface area contributed by atoms with Crippen molar-refractivity contribution in [1.82, 2.24) is 6.15 Å². The van der Waals surface area contributed by atoms with Crippen LogP contribution in [0, 0.1) is 0 Å². The van der Waals surface area contributed by atoms with Crippen LogP contribution in [0.4, 0.5) is 0 Å². The molecule has 5 N–H and O–H groups in total. The minimum atomic E-state index is -4.67. The predicted octanol–water partition coefficient (Wildman–Crippen LogP) is 5.11. The molecule has 0 rings (SSSR count). The van der Waals surface area contributed by atoms with E-state index in [1.165, 1.54) is 57.8 Å². The van der Waals surface area contributed by atoms with Gasteiger partial charge in [0.1, 0.15) is 0 Å². The van der Waals surface area contributed by atoms with E-state index in [2.05, 4.69) is 27.4 Å². The number of hydrogen-bond donors (Lipinski definition) is 3. The molecule has 0 saturated heterocycles. The Hall–Kier alpha value is 0.260. The van der Waals surface area contributed by atoms with Crippen molar-refractivity contribution in [3.63, 3.8) is 0 Å². The van der Waals surface area contributed by atoms with Gasteiger partial charge in [0, 0.05) is 0 Å². The molecule has 0 heterocycles. The smallest absolute Gasteiger partial charge is 0.344 e. The molecular weight excluding hydrogens is 309 g/mol. The van der Waals surface area contributed by atoms with E-state index in [-0.39, 0.29) is 6.15 Å². The zero-order chi connectivity index (χ0) is 16.1. The molecule has 0 aromatic carbocycles. The third-order valence-corrected chi connectivity index (χ3v) is 5.37. The van der Waals surface area contributed by atoms with Crippen molar-refractivity contribution >= 4 is 19.0 Å². The Morgan fingerprint density at radius 3 is 1.24 bits per heavy atom. The highest BCUT2D eigenvalue weighted by atomic mass is 32.3. The van der Waals surface area contributed by atoms with Crippen LogP contribution in [0.5, 0.6) is 0 Å². The maximum atomic E-state index is 8.74. The molecular formula is C14H36NO4PS. The first kappa shape index (κ1) is 26.2. The van der Waals surface area contributed by atoms with E-state index in [9.17, 15) is 0 Å². The van der Waals surface area contributed by atoms with Crippen molar-refractivity contribution in [3.8, 4) is 0 Å². The predicted molar refractivity (Wildman–Crippen MR) is 94.7 cm³/mol. The Labute approximate surface area is 133 Å². The summed E-state index contributed by atoms with van der Waals surface area (Å²) in [7, 11) is -3.52. The average Bonchev–Trinajstić information content (AvgIpc) is 2.37. The highest BCUT2D eigenvalue weighted by Crippen LogP contribution is 2.42. The molecule has 1 atom stereocenters. The Morgan fingerprint density at radius 2 is 1.10 bits per heavy atom. The van der Waals surface area contributed by atoms with Gasteiger partial charge < -0.3 is 6.15 Å². The largest absolute Gasteiger partial charge is 0.394 e. The molecule has 0 aliphatic carbocycles. The van der Waals surface area contributed by atoms with Crippen LogP contribution in [0.25, 0.3) is 0 Å². The Balaban J connectivity index is -0.000000465. The Bertz CT molecular complexity index is 280. The number of unbranched alkanes of at least 4 members (excludes halogenated alkanes) is 3. The van der Waals surface area contributed by atoms with Crippen molar-refractivity contribution in [2.75, 3.05) is 6.66 Å². The second-order valence-corrected chi connectivity index (χ2v) is 7.75. The lowest BCUT2D eigenvalue weighted by atomic mass is 9.90. The quantitative estimate of drug-likeness (QED) is 0.376. The molecule has 21 heavy (non-hydrogen) atoms. The van der Waals surface area contributed by atoms with Crippen LogP contribution < -0.4 is 6.15 Å². The van der Waals surface area contributed by atoms with E-state index in [0.29, 0.717) is 0 Å². The van der Waals surface area contributed by atoms with Gasteiger partial charge in [-0.3, -0.25) is 9.11 Å². The van der Waals surface area contributed by atoms with Gasteiger partial charge in [-0.1, -0.05) is 59.3 Å². The lowest BCUT2D eigenvalue weighted by molar-refractivity contribution is 0.381. The number of rotatable bonds is 10. The highest BCUT2D eigenvalue weighted by Gasteiger charge is 2.25. The molecule has 7 heteroatoms. The molecule has 0 spiro atoms. The zero-order valence-corrected chi connectivity index (χ0v) is 16.0. The molecule has 1 unspecified atom stereocenters. The van der Waals surface area contributed by atoms with Crippen LogP contribution in [-0.4, -0.2) is 29.3 Å². The molecule has 0 amide bonds. The van der Waals surface area contributed by atoms with Gasteiger partial charge in [0.25, 0.3) is 0 Å². The summed E-state index contributed by atoms with van der Waals surface area (Å²) < 4.78 is 31.6. The number of hydrogen-bond acceptors (Lipinski definition) is 3. The van der Waals surface area contributed by atoms with Crippen molar-refractivity contribution in [3.05, 3.63) is 0 Å². The summed E-state index contributed by atoms with van der Waals surface area (Å²) in [6.45, 7) is 9.40. The summed E-state index contributed by atoms with van der Waals surface area (Å²) in [5, 5.41) is 0.724. The van der Waals surface area contributed by atoms with E-state index < -0.39 is 10.4 Å². The molecule has 0 saturated carbocycles. The molecule has 5 nitrogen and oxygen atoms in total. The van der Waals surface area contributed by atoms with Crippen LogP contribution in [-0.2, 0) is 10.4 Å². The highest BCUT2D eigenvalue weighted by molar-refractivity contribution is 7.79. The molecule has 0 bridgehead atoms. The van der Waals surface area contributed by atoms with Crippen LogP contribution in [0.3, 0.4) is 0 Å². The average molecular weight is 345 g/mol. The monoisotopic (exact) mass is 345 g/mol. The maximum absolute atomic E-state index is 8.74. The second-order valence-electron chi connectivity index (χ2n) is 5.29. The maximum Gasteiger partial charge on any atom is 0.394 e. The normalized spacial score (nSPS) is 11.9. The summed E-state index contributed by atoms with van der Waals surface area (Å²) in [4.78, 5) is 0. The van der Waals surface area contributed by atoms with E-state index in [4.69, 9.17) is 17.5 Å². The summed E-state index contributed by atoms with van der Waals surface area (Å²) in [6.07, 6.45) is 12.9. The van der Waals surface area contributed by atoms with Gasteiger partial charge in [0.05, 0.1) is 0 Å². The zero-order valence-electron chi connectivity index (χ0n) is 14.2.